The fourth-order valence-electron chi connectivity index (χ4n) is 0.716. The Morgan fingerprint density at radius 2 is 2.09 bits per heavy atom. The zero-order chi connectivity index (χ0) is 8.85. The molecule has 66 valence electrons. The lowest BCUT2D eigenvalue weighted by Crippen LogP contribution is -2.31. The van der Waals surface area contributed by atoms with Crippen molar-refractivity contribution in [2.24, 2.45) is 5.92 Å². The molecule has 0 heterocycles. The molecule has 0 bridgehead atoms. The molecule has 0 aliphatic carbocycles. The quantitative estimate of drug-likeness (QED) is 0.500. The molecule has 0 spiro atoms. The summed E-state index contributed by atoms with van der Waals surface area (Å²) in [7, 11) is 0. The first-order chi connectivity index (χ1) is 5.09. The van der Waals surface area contributed by atoms with Crippen molar-refractivity contribution in [3.05, 3.63) is 0 Å². The Labute approximate surface area is 68.0 Å². The number of carbonyl (C=O) groups is 1. The second-order valence-corrected chi connectivity index (χ2v) is 2.97. The largest absolute Gasteiger partial charge is 0.286 e. The van der Waals surface area contributed by atoms with E-state index in [0.29, 0.717) is 6.54 Å². The normalized spacial score (nSPS) is 10.3. The van der Waals surface area contributed by atoms with Crippen LogP contribution in [0.3, 0.4) is 0 Å². The number of hydrogen-bond acceptors (Lipinski definition) is 2. The molecule has 0 fully saturated rings. The first-order valence-electron chi connectivity index (χ1n) is 4.09. The summed E-state index contributed by atoms with van der Waals surface area (Å²) in [6.45, 7) is 6.02. The Hall–Kier alpha value is -0.570. The highest BCUT2D eigenvalue weighted by Gasteiger charge is 2.13. The molecule has 3 heteroatoms. The molecule has 0 saturated heterocycles. The SMILES string of the molecule is CCCCN(O)C(=O)C(C)C. The molecule has 3 nitrogen and oxygen atoms in total. The lowest BCUT2D eigenvalue weighted by molar-refractivity contribution is -0.169. The molecule has 0 aromatic heterocycles. The van der Waals surface area contributed by atoms with Gasteiger partial charge < -0.3 is 0 Å². The maximum absolute atomic E-state index is 11.0. The number of unbranched alkanes of at least 4 members (excludes halogenated alkanes) is 1. The molecule has 0 aromatic carbocycles. The molecule has 0 rings (SSSR count). The van der Waals surface area contributed by atoms with E-state index in [1.807, 2.05) is 6.92 Å². The number of hydrogen-bond donors (Lipinski definition) is 1. The van der Waals surface area contributed by atoms with Crippen LogP contribution < -0.4 is 0 Å². The molecule has 0 atom stereocenters. The van der Waals surface area contributed by atoms with Crippen LogP contribution >= 0.6 is 0 Å². The molecule has 0 saturated carbocycles. The first-order valence-corrected chi connectivity index (χ1v) is 4.09. The molecule has 0 aliphatic rings. The molecular weight excluding hydrogens is 142 g/mol. The van der Waals surface area contributed by atoms with Crippen molar-refractivity contribution >= 4 is 5.91 Å². The van der Waals surface area contributed by atoms with Gasteiger partial charge in [0.15, 0.2) is 0 Å². The van der Waals surface area contributed by atoms with Crippen molar-refractivity contribution in [1.82, 2.24) is 5.06 Å². The van der Waals surface area contributed by atoms with Crippen LogP contribution in [0.2, 0.25) is 0 Å². The third-order valence-corrected chi connectivity index (χ3v) is 1.47. The zero-order valence-electron chi connectivity index (χ0n) is 7.50. The maximum atomic E-state index is 11.0. The average molecular weight is 159 g/mol. The summed E-state index contributed by atoms with van der Waals surface area (Å²) in [6.07, 6.45) is 1.84. The van der Waals surface area contributed by atoms with E-state index in [9.17, 15) is 4.79 Å². The highest BCUT2D eigenvalue weighted by Crippen LogP contribution is 2.00. The number of nitrogens with zero attached hydrogens (tertiary/aromatic N) is 1. The summed E-state index contributed by atoms with van der Waals surface area (Å²) < 4.78 is 0. The first kappa shape index (κ1) is 10.4. The minimum absolute atomic E-state index is 0.114. The topological polar surface area (TPSA) is 40.5 Å². The lowest BCUT2D eigenvalue weighted by Gasteiger charge is -2.16. The molecule has 0 aliphatic heterocycles. The van der Waals surface area contributed by atoms with E-state index < -0.39 is 0 Å². The van der Waals surface area contributed by atoms with Crippen molar-refractivity contribution in [1.29, 1.82) is 0 Å². The maximum Gasteiger partial charge on any atom is 0.248 e. The average Bonchev–Trinajstić information content (AvgIpc) is 1.98. The van der Waals surface area contributed by atoms with Gasteiger partial charge in [0.2, 0.25) is 5.91 Å². The van der Waals surface area contributed by atoms with Gasteiger partial charge in [0.05, 0.1) is 0 Å². The van der Waals surface area contributed by atoms with Gasteiger partial charge in [-0.3, -0.25) is 10.0 Å². The predicted molar refractivity (Wildman–Crippen MR) is 43.2 cm³/mol. The van der Waals surface area contributed by atoms with Gasteiger partial charge in [0.25, 0.3) is 0 Å². The van der Waals surface area contributed by atoms with Crippen LogP contribution in [0.1, 0.15) is 33.6 Å². The van der Waals surface area contributed by atoms with E-state index in [2.05, 4.69) is 0 Å². The standard InChI is InChI=1S/C8H17NO2/c1-4-5-6-9(11)8(10)7(2)3/h7,11H,4-6H2,1-3H3. The zero-order valence-corrected chi connectivity index (χ0v) is 7.50. The fourth-order valence-corrected chi connectivity index (χ4v) is 0.716. The minimum Gasteiger partial charge on any atom is -0.286 e. The van der Waals surface area contributed by atoms with Crippen LogP contribution in [0.25, 0.3) is 0 Å². The third-order valence-electron chi connectivity index (χ3n) is 1.47. The van der Waals surface area contributed by atoms with E-state index in [0.717, 1.165) is 17.9 Å². The molecule has 1 N–H and O–H groups in total. The van der Waals surface area contributed by atoms with Gasteiger partial charge >= 0.3 is 0 Å². The number of amides is 1. The van der Waals surface area contributed by atoms with Crippen LogP contribution in [0.15, 0.2) is 0 Å². The van der Waals surface area contributed by atoms with Crippen LogP contribution in [0.5, 0.6) is 0 Å². The number of hydroxylamine groups is 2. The summed E-state index contributed by atoms with van der Waals surface area (Å²) in [4.78, 5) is 11.0. The van der Waals surface area contributed by atoms with Gasteiger partial charge in [0.1, 0.15) is 0 Å². The smallest absolute Gasteiger partial charge is 0.248 e. The molecule has 0 aromatic rings. The molecule has 0 radical (unpaired) electrons. The molecule has 1 amide bonds. The summed E-state index contributed by atoms with van der Waals surface area (Å²) in [5, 5.41) is 9.92. The second kappa shape index (κ2) is 5.13. The highest BCUT2D eigenvalue weighted by atomic mass is 16.5. The van der Waals surface area contributed by atoms with Crippen LogP contribution in [0, 0.1) is 5.92 Å². The molecule has 11 heavy (non-hydrogen) atoms. The molecular formula is C8H17NO2. The third kappa shape index (κ3) is 3.98. The van der Waals surface area contributed by atoms with Crippen LogP contribution in [-0.2, 0) is 4.79 Å². The van der Waals surface area contributed by atoms with E-state index >= 15 is 0 Å². The van der Waals surface area contributed by atoms with Gasteiger partial charge in [-0.1, -0.05) is 27.2 Å². The summed E-state index contributed by atoms with van der Waals surface area (Å²) >= 11 is 0. The van der Waals surface area contributed by atoms with E-state index in [1.165, 1.54) is 0 Å². The predicted octanol–water partition coefficient (Wildman–Crippen LogP) is 1.66. The van der Waals surface area contributed by atoms with Crippen molar-refractivity contribution < 1.29 is 10.0 Å². The van der Waals surface area contributed by atoms with Gasteiger partial charge in [-0.15, -0.1) is 0 Å². The van der Waals surface area contributed by atoms with E-state index in [-0.39, 0.29) is 11.8 Å². The number of carbonyl (C=O) groups excluding carboxylic acids is 1. The highest BCUT2D eigenvalue weighted by molar-refractivity contribution is 5.76. The van der Waals surface area contributed by atoms with Gasteiger partial charge in [-0.2, -0.15) is 0 Å². The van der Waals surface area contributed by atoms with Crippen molar-refractivity contribution in [3.8, 4) is 0 Å². The summed E-state index contributed by atoms with van der Waals surface area (Å²) in [6, 6.07) is 0. The Bertz CT molecular complexity index is 123. The van der Waals surface area contributed by atoms with Crippen molar-refractivity contribution in [2.45, 2.75) is 33.6 Å². The lowest BCUT2D eigenvalue weighted by atomic mass is 10.2. The van der Waals surface area contributed by atoms with Crippen molar-refractivity contribution in [2.75, 3.05) is 6.54 Å². The molecule has 0 unspecified atom stereocenters. The Morgan fingerprint density at radius 3 is 2.45 bits per heavy atom. The van der Waals surface area contributed by atoms with Crippen LogP contribution in [-0.4, -0.2) is 22.7 Å². The van der Waals surface area contributed by atoms with E-state index in [4.69, 9.17) is 5.21 Å². The second-order valence-electron chi connectivity index (χ2n) is 2.97. The fraction of sp³-hybridized carbons (Fsp3) is 0.875. The Kier molecular flexibility index (Phi) is 4.86. The Morgan fingerprint density at radius 1 is 1.55 bits per heavy atom. The Balaban J connectivity index is 3.64. The van der Waals surface area contributed by atoms with Crippen molar-refractivity contribution in [3.63, 3.8) is 0 Å². The van der Waals surface area contributed by atoms with Crippen LogP contribution in [0.4, 0.5) is 0 Å². The summed E-state index contributed by atoms with van der Waals surface area (Å²) in [5.41, 5.74) is 0. The van der Waals surface area contributed by atoms with E-state index in [1.54, 1.807) is 13.8 Å². The van der Waals surface area contributed by atoms with Gasteiger partial charge in [0, 0.05) is 12.5 Å². The summed E-state index contributed by atoms with van der Waals surface area (Å²) in [5.74, 6) is -0.310. The monoisotopic (exact) mass is 159 g/mol. The van der Waals surface area contributed by atoms with Gasteiger partial charge in [-0.25, -0.2) is 5.06 Å². The number of rotatable bonds is 4. The van der Waals surface area contributed by atoms with Gasteiger partial charge in [-0.05, 0) is 6.42 Å². The minimum atomic E-state index is -0.196.